The third-order valence-electron chi connectivity index (χ3n) is 2.44. The normalized spacial score (nSPS) is 40.1. The van der Waals surface area contributed by atoms with Crippen LogP contribution in [0.25, 0.3) is 0 Å². The molecule has 11 heavy (non-hydrogen) atoms. The molecule has 0 aromatic heterocycles. The maximum atomic E-state index is 9.30. The minimum absolute atomic E-state index is 0.500. The Balaban J connectivity index is 2.38. The predicted molar refractivity (Wildman–Crippen MR) is 47.8 cm³/mol. The van der Waals surface area contributed by atoms with Gasteiger partial charge in [-0.25, -0.2) is 0 Å². The summed E-state index contributed by atoms with van der Waals surface area (Å²) in [6, 6.07) is 0. The summed E-state index contributed by atoms with van der Waals surface area (Å²) in [4.78, 5) is 0. The summed E-state index contributed by atoms with van der Waals surface area (Å²) in [5, 5.41) is 18.6. The molecule has 0 spiro atoms. The molecule has 2 atom stereocenters. The average molecular weight is 176 g/mol. The van der Waals surface area contributed by atoms with Crippen LogP contribution in [0.5, 0.6) is 0 Å². The molecular weight excluding hydrogens is 160 g/mol. The maximum Gasteiger partial charge on any atom is 0.0799 e. The molecule has 3 heteroatoms. The van der Waals surface area contributed by atoms with Gasteiger partial charge in [0.2, 0.25) is 0 Å². The summed E-state index contributed by atoms with van der Waals surface area (Å²) in [6.45, 7) is 0. The molecule has 0 aromatic rings. The number of aliphatic hydroxyl groups is 2. The van der Waals surface area contributed by atoms with Gasteiger partial charge in [0.05, 0.1) is 12.2 Å². The van der Waals surface area contributed by atoms with Gasteiger partial charge in [-0.3, -0.25) is 0 Å². The van der Waals surface area contributed by atoms with Crippen LogP contribution in [0.2, 0.25) is 0 Å². The minimum Gasteiger partial charge on any atom is -0.390 e. The Morgan fingerprint density at radius 3 is 1.82 bits per heavy atom. The molecule has 0 heterocycles. The first-order valence-electron chi connectivity index (χ1n) is 4.21. The molecule has 1 aliphatic carbocycles. The van der Waals surface area contributed by atoms with E-state index >= 15 is 0 Å². The Labute approximate surface area is 73.0 Å². The van der Waals surface area contributed by atoms with Crippen molar-refractivity contribution in [2.75, 3.05) is 5.75 Å². The molecule has 2 nitrogen and oxygen atoms in total. The highest BCUT2D eigenvalue weighted by molar-refractivity contribution is 7.80. The highest BCUT2D eigenvalue weighted by atomic mass is 32.1. The zero-order valence-corrected chi connectivity index (χ0v) is 7.50. The van der Waals surface area contributed by atoms with Gasteiger partial charge in [0, 0.05) is 0 Å². The van der Waals surface area contributed by atoms with Crippen molar-refractivity contribution in [2.24, 2.45) is 5.92 Å². The van der Waals surface area contributed by atoms with Crippen LogP contribution in [0.1, 0.15) is 25.7 Å². The van der Waals surface area contributed by atoms with E-state index in [1.165, 1.54) is 0 Å². The molecule has 1 saturated carbocycles. The van der Waals surface area contributed by atoms with E-state index in [0.717, 1.165) is 31.4 Å². The molecule has 1 rings (SSSR count). The van der Waals surface area contributed by atoms with Crippen molar-refractivity contribution in [1.82, 2.24) is 0 Å². The lowest BCUT2D eigenvalue weighted by Gasteiger charge is -2.12. The molecule has 0 bridgehead atoms. The van der Waals surface area contributed by atoms with E-state index in [9.17, 15) is 10.2 Å². The Bertz CT molecular complexity index is 107. The van der Waals surface area contributed by atoms with Crippen molar-refractivity contribution in [1.29, 1.82) is 0 Å². The Morgan fingerprint density at radius 2 is 1.45 bits per heavy atom. The predicted octanol–water partition coefficient (Wildman–Crippen LogP) is 0.828. The quantitative estimate of drug-likeness (QED) is 0.409. The second-order valence-electron chi connectivity index (χ2n) is 3.34. The standard InChI is InChI=1S/C8H16O2S/c9-7-3-1-6(5-11)2-4-8(7)10/h6-11H,1-5H2. The summed E-state index contributed by atoms with van der Waals surface area (Å²) >= 11 is 4.21. The fourth-order valence-corrected chi connectivity index (χ4v) is 1.89. The summed E-state index contributed by atoms with van der Waals surface area (Å²) < 4.78 is 0. The van der Waals surface area contributed by atoms with Gasteiger partial charge in [-0.15, -0.1) is 0 Å². The molecule has 0 amide bonds. The SMILES string of the molecule is OC1CCC(CS)CCC1O. The van der Waals surface area contributed by atoms with Crippen LogP contribution in [0.3, 0.4) is 0 Å². The molecule has 0 radical (unpaired) electrons. The van der Waals surface area contributed by atoms with Gasteiger partial charge in [0.15, 0.2) is 0 Å². The van der Waals surface area contributed by atoms with Crippen LogP contribution in [0.15, 0.2) is 0 Å². The zero-order valence-electron chi connectivity index (χ0n) is 6.61. The lowest BCUT2D eigenvalue weighted by molar-refractivity contribution is 0.0157. The molecule has 66 valence electrons. The Hall–Kier alpha value is 0.270. The van der Waals surface area contributed by atoms with E-state index in [4.69, 9.17) is 0 Å². The molecule has 0 aliphatic heterocycles. The van der Waals surface area contributed by atoms with E-state index in [-0.39, 0.29) is 0 Å². The second-order valence-corrected chi connectivity index (χ2v) is 3.70. The molecule has 2 N–H and O–H groups in total. The first kappa shape index (κ1) is 9.36. The van der Waals surface area contributed by atoms with Gasteiger partial charge in [0.1, 0.15) is 0 Å². The van der Waals surface area contributed by atoms with Crippen LogP contribution in [-0.4, -0.2) is 28.2 Å². The summed E-state index contributed by atoms with van der Waals surface area (Å²) in [7, 11) is 0. The van der Waals surface area contributed by atoms with Gasteiger partial charge < -0.3 is 10.2 Å². The molecule has 1 aliphatic rings. The van der Waals surface area contributed by atoms with Crippen LogP contribution in [-0.2, 0) is 0 Å². The van der Waals surface area contributed by atoms with Crippen LogP contribution in [0.4, 0.5) is 0 Å². The van der Waals surface area contributed by atoms with Gasteiger partial charge in [-0.05, 0) is 37.4 Å². The fourth-order valence-electron chi connectivity index (χ4n) is 1.52. The average Bonchev–Trinajstić information content (AvgIpc) is 2.16. The van der Waals surface area contributed by atoms with Crippen molar-refractivity contribution in [3.05, 3.63) is 0 Å². The Morgan fingerprint density at radius 1 is 1.00 bits per heavy atom. The van der Waals surface area contributed by atoms with Gasteiger partial charge >= 0.3 is 0 Å². The monoisotopic (exact) mass is 176 g/mol. The van der Waals surface area contributed by atoms with E-state index in [0.29, 0.717) is 5.92 Å². The third-order valence-corrected chi connectivity index (χ3v) is 2.96. The highest BCUT2D eigenvalue weighted by Crippen LogP contribution is 2.24. The van der Waals surface area contributed by atoms with Crippen molar-refractivity contribution in [3.8, 4) is 0 Å². The lowest BCUT2D eigenvalue weighted by Crippen LogP contribution is -2.23. The number of hydrogen-bond acceptors (Lipinski definition) is 3. The van der Waals surface area contributed by atoms with E-state index < -0.39 is 12.2 Å². The van der Waals surface area contributed by atoms with Crippen molar-refractivity contribution in [3.63, 3.8) is 0 Å². The first-order chi connectivity index (χ1) is 5.24. The Kier molecular flexibility index (Phi) is 3.69. The van der Waals surface area contributed by atoms with Crippen molar-refractivity contribution >= 4 is 12.6 Å². The number of thiol groups is 1. The third kappa shape index (κ3) is 2.65. The van der Waals surface area contributed by atoms with Crippen molar-refractivity contribution in [2.45, 2.75) is 37.9 Å². The summed E-state index contributed by atoms with van der Waals surface area (Å²) in [5.74, 6) is 1.46. The van der Waals surface area contributed by atoms with Gasteiger partial charge in [-0.2, -0.15) is 12.6 Å². The second kappa shape index (κ2) is 4.33. The summed E-state index contributed by atoms with van der Waals surface area (Å²) in [6.07, 6.45) is 2.46. The first-order valence-corrected chi connectivity index (χ1v) is 4.84. The molecule has 0 aromatic carbocycles. The maximum absolute atomic E-state index is 9.30. The minimum atomic E-state index is -0.500. The largest absolute Gasteiger partial charge is 0.390 e. The summed E-state index contributed by atoms with van der Waals surface area (Å²) in [5.41, 5.74) is 0. The molecule has 2 unspecified atom stereocenters. The molecular formula is C8H16O2S. The number of hydrogen-bond donors (Lipinski definition) is 3. The van der Waals surface area contributed by atoms with Crippen LogP contribution >= 0.6 is 12.6 Å². The smallest absolute Gasteiger partial charge is 0.0799 e. The topological polar surface area (TPSA) is 40.5 Å². The molecule has 1 fully saturated rings. The molecule has 0 saturated heterocycles. The number of aliphatic hydroxyl groups excluding tert-OH is 2. The van der Waals surface area contributed by atoms with E-state index in [1.807, 2.05) is 0 Å². The fraction of sp³-hybridized carbons (Fsp3) is 1.00. The van der Waals surface area contributed by atoms with E-state index in [2.05, 4.69) is 12.6 Å². The van der Waals surface area contributed by atoms with Crippen molar-refractivity contribution < 1.29 is 10.2 Å². The number of rotatable bonds is 1. The zero-order chi connectivity index (χ0) is 8.27. The van der Waals surface area contributed by atoms with Crippen LogP contribution in [0, 0.1) is 5.92 Å². The van der Waals surface area contributed by atoms with Gasteiger partial charge in [-0.1, -0.05) is 0 Å². The van der Waals surface area contributed by atoms with Crippen LogP contribution < -0.4 is 0 Å². The lowest BCUT2D eigenvalue weighted by atomic mass is 10.0. The highest BCUT2D eigenvalue weighted by Gasteiger charge is 2.22. The van der Waals surface area contributed by atoms with E-state index in [1.54, 1.807) is 0 Å². The van der Waals surface area contributed by atoms with Gasteiger partial charge in [0.25, 0.3) is 0 Å².